The number of carbonyl (C=O) groups excluding carboxylic acids is 1. The number of rotatable bonds is 8. The Morgan fingerprint density at radius 3 is 2.56 bits per heavy atom. The number of benzene rings is 2. The molecule has 2 aromatic carbocycles. The molecule has 1 atom stereocenters. The lowest BCUT2D eigenvalue weighted by atomic mass is 9.95. The minimum atomic E-state index is -1.16. The third-order valence-electron chi connectivity index (χ3n) is 6.70. The highest BCUT2D eigenvalue weighted by atomic mass is 79.9. The molecule has 0 spiro atoms. The number of aromatic nitrogens is 1. The van der Waals surface area contributed by atoms with Crippen LogP contribution in [0.25, 0.3) is 17.4 Å². The summed E-state index contributed by atoms with van der Waals surface area (Å²) in [4.78, 5) is 43.7. The number of halogens is 2. The van der Waals surface area contributed by atoms with E-state index >= 15 is 0 Å². The van der Waals surface area contributed by atoms with E-state index in [1.807, 2.05) is 0 Å². The van der Waals surface area contributed by atoms with E-state index in [0.29, 0.717) is 53.6 Å². The molecule has 43 heavy (non-hydrogen) atoms. The Bertz CT molecular complexity index is 1990. The lowest BCUT2D eigenvalue weighted by Gasteiger charge is -2.26. The van der Waals surface area contributed by atoms with E-state index in [4.69, 9.17) is 30.2 Å². The predicted octanol–water partition coefficient (Wildman–Crippen LogP) is 5.19. The number of furan rings is 1. The van der Waals surface area contributed by atoms with Crippen LogP contribution in [0.5, 0.6) is 11.5 Å². The van der Waals surface area contributed by atoms with Gasteiger partial charge in [0.1, 0.15) is 11.5 Å². The number of carbonyl (C=O) groups is 2. The van der Waals surface area contributed by atoms with Crippen molar-refractivity contribution in [2.45, 2.75) is 19.9 Å². The summed E-state index contributed by atoms with van der Waals surface area (Å²) in [5, 5.41) is 9.52. The van der Waals surface area contributed by atoms with Crippen molar-refractivity contribution >= 4 is 56.9 Å². The number of fused-ring (bicyclic) bond motifs is 1. The zero-order valence-corrected chi connectivity index (χ0v) is 26.4. The van der Waals surface area contributed by atoms with Crippen LogP contribution in [0.1, 0.15) is 41.6 Å². The summed E-state index contributed by atoms with van der Waals surface area (Å²) in [6, 6.07) is 10.4. The molecule has 0 bridgehead atoms. The zero-order valence-electron chi connectivity index (χ0n) is 23.3. The van der Waals surface area contributed by atoms with Crippen molar-refractivity contribution in [2.24, 2.45) is 4.99 Å². The van der Waals surface area contributed by atoms with Crippen molar-refractivity contribution in [2.75, 3.05) is 20.8 Å². The first-order valence-corrected chi connectivity index (χ1v) is 14.8. The minimum absolute atomic E-state index is 0.0560. The number of esters is 1. The molecule has 5 rings (SSSR count). The molecule has 0 amide bonds. The molecular weight excluding hydrogens is 664 g/mol. The Balaban J connectivity index is 1.66. The maximum atomic E-state index is 14.0. The van der Waals surface area contributed by atoms with Gasteiger partial charge in [-0.3, -0.25) is 9.36 Å². The van der Waals surface area contributed by atoms with Crippen LogP contribution in [0.3, 0.4) is 0 Å². The van der Waals surface area contributed by atoms with Crippen LogP contribution < -0.4 is 24.4 Å². The fraction of sp³-hybridized carbons (Fsp3) is 0.200. The van der Waals surface area contributed by atoms with Crippen molar-refractivity contribution in [3.8, 4) is 22.8 Å². The fourth-order valence-corrected chi connectivity index (χ4v) is 6.49. The lowest BCUT2D eigenvalue weighted by molar-refractivity contribution is -0.139. The average molecular weight is 688 g/mol. The molecule has 4 aromatic rings. The molecule has 222 valence electrons. The number of hydrogen-bond acceptors (Lipinski definition) is 9. The van der Waals surface area contributed by atoms with E-state index in [0.717, 1.165) is 11.3 Å². The van der Waals surface area contributed by atoms with Gasteiger partial charge >= 0.3 is 11.9 Å². The van der Waals surface area contributed by atoms with Gasteiger partial charge in [-0.25, -0.2) is 14.6 Å². The summed E-state index contributed by atoms with van der Waals surface area (Å²) in [6.45, 7) is 3.54. The molecule has 1 aliphatic rings. The average Bonchev–Trinajstić information content (AvgIpc) is 3.56. The summed E-state index contributed by atoms with van der Waals surface area (Å²) in [5.74, 6) is -0.120. The third kappa shape index (κ3) is 5.65. The van der Waals surface area contributed by atoms with Crippen LogP contribution in [0.15, 0.2) is 72.4 Å². The molecule has 1 aliphatic heterocycles. The first-order valence-electron chi connectivity index (χ1n) is 12.8. The van der Waals surface area contributed by atoms with Crippen LogP contribution >= 0.6 is 38.9 Å². The van der Waals surface area contributed by atoms with Crippen molar-refractivity contribution in [3.63, 3.8) is 0 Å². The Morgan fingerprint density at radius 1 is 1.16 bits per heavy atom. The number of hydrogen-bond donors (Lipinski definition) is 1. The fourth-order valence-electron chi connectivity index (χ4n) is 4.72. The van der Waals surface area contributed by atoms with Gasteiger partial charge in [-0.2, -0.15) is 0 Å². The first-order chi connectivity index (χ1) is 20.6. The second-order valence-electron chi connectivity index (χ2n) is 9.23. The number of aromatic carboxylic acids is 1. The van der Waals surface area contributed by atoms with Gasteiger partial charge in [0.15, 0.2) is 16.3 Å². The van der Waals surface area contributed by atoms with Crippen LogP contribution in [-0.4, -0.2) is 42.4 Å². The number of carboxylic acid groups (broad SMARTS) is 1. The Kier molecular flexibility index (Phi) is 8.63. The number of allylic oxidation sites excluding steroid dienone is 1. The Morgan fingerprint density at radius 2 is 1.88 bits per heavy atom. The van der Waals surface area contributed by atoms with Crippen molar-refractivity contribution in [3.05, 3.63) is 99.8 Å². The second kappa shape index (κ2) is 12.2. The van der Waals surface area contributed by atoms with Gasteiger partial charge in [0.05, 0.1) is 53.3 Å². The molecule has 0 saturated carbocycles. The molecule has 0 unspecified atom stereocenters. The number of nitrogens with zero attached hydrogens (tertiary/aromatic N) is 2. The van der Waals surface area contributed by atoms with Gasteiger partial charge < -0.3 is 23.7 Å². The van der Waals surface area contributed by atoms with E-state index in [2.05, 4.69) is 20.9 Å². The normalized spacial score (nSPS) is 14.7. The van der Waals surface area contributed by atoms with Crippen molar-refractivity contribution < 1.29 is 33.3 Å². The maximum Gasteiger partial charge on any atom is 0.338 e. The molecule has 0 aliphatic carbocycles. The monoisotopic (exact) mass is 686 g/mol. The van der Waals surface area contributed by atoms with Crippen LogP contribution in [0, 0.1) is 0 Å². The summed E-state index contributed by atoms with van der Waals surface area (Å²) in [7, 11) is 3.01. The van der Waals surface area contributed by atoms with E-state index < -0.39 is 23.5 Å². The predicted molar refractivity (Wildman–Crippen MR) is 164 cm³/mol. The highest BCUT2D eigenvalue weighted by molar-refractivity contribution is 9.10. The molecule has 13 heteroatoms. The molecule has 0 fully saturated rings. The van der Waals surface area contributed by atoms with Crippen molar-refractivity contribution in [1.29, 1.82) is 0 Å². The number of carboxylic acids is 1. The molecule has 2 aromatic heterocycles. The Hall–Kier alpha value is -4.13. The van der Waals surface area contributed by atoms with E-state index in [-0.39, 0.29) is 22.8 Å². The molecule has 0 saturated heterocycles. The first kappa shape index (κ1) is 30.3. The molecular formula is C30H24BrClN2O8S. The van der Waals surface area contributed by atoms with E-state index in [9.17, 15) is 19.5 Å². The van der Waals surface area contributed by atoms with E-state index in [1.165, 1.54) is 30.9 Å². The number of thiazole rings is 1. The molecule has 0 radical (unpaired) electrons. The summed E-state index contributed by atoms with van der Waals surface area (Å²) in [6.07, 6.45) is 1.57. The summed E-state index contributed by atoms with van der Waals surface area (Å²) >= 11 is 10.7. The third-order valence-corrected chi connectivity index (χ3v) is 8.70. The number of ether oxygens (including phenoxy) is 3. The Labute approximate surface area is 262 Å². The lowest BCUT2D eigenvalue weighted by Crippen LogP contribution is -2.40. The maximum absolute atomic E-state index is 14.0. The van der Waals surface area contributed by atoms with Crippen LogP contribution in [0.2, 0.25) is 5.02 Å². The summed E-state index contributed by atoms with van der Waals surface area (Å²) in [5.41, 5.74) is 1.25. The van der Waals surface area contributed by atoms with Gasteiger partial charge in [-0.1, -0.05) is 38.9 Å². The van der Waals surface area contributed by atoms with Crippen LogP contribution in [-0.2, 0) is 9.53 Å². The van der Waals surface area contributed by atoms with Crippen LogP contribution in [0.4, 0.5) is 0 Å². The van der Waals surface area contributed by atoms with E-state index in [1.54, 1.807) is 50.3 Å². The molecule has 10 nitrogen and oxygen atoms in total. The minimum Gasteiger partial charge on any atom is -0.493 e. The highest BCUT2D eigenvalue weighted by Gasteiger charge is 2.35. The summed E-state index contributed by atoms with van der Waals surface area (Å²) < 4.78 is 24.6. The second-order valence-corrected chi connectivity index (χ2v) is 11.5. The number of methoxy groups -OCH3 is 2. The van der Waals surface area contributed by atoms with Gasteiger partial charge in [0.2, 0.25) is 0 Å². The largest absolute Gasteiger partial charge is 0.493 e. The topological polar surface area (TPSA) is 130 Å². The zero-order chi connectivity index (χ0) is 31.0. The highest BCUT2D eigenvalue weighted by Crippen LogP contribution is 2.40. The quantitative estimate of drug-likeness (QED) is 0.251. The molecule has 1 N–H and O–H groups in total. The smallest absolute Gasteiger partial charge is 0.338 e. The van der Waals surface area contributed by atoms with Crippen molar-refractivity contribution in [1.82, 2.24) is 4.57 Å². The standard InChI is InChI=1S/C30H24BrClN2O8S/c1-5-41-29(38)25-14(2)33-30-34(26(25)17-12-22(39-3)23(40-4)13-19(17)31)27(35)24(43-30)11-16-7-9-21(42-16)15-6-8-20(32)18(10-15)28(36)37/h6-13,26H,5H2,1-4H3,(H,36,37)/b24-11-/t26-/m0/s1. The van der Waals surface area contributed by atoms with Gasteiger partial charge in [0.25, 0.3) is 5.56 Å². The molecule has 3 heterocycles. The SMILES string of the molecule is CCOC(=O)C1=C(C)N=c2s/c(=C\c3ccc(-c4ccc(Cl)c(C(=O)O)c4)o3)c(=O)n2[C@H]1c1cc(OC)c(OC)cc1Br. The van der Waals surface area contributed by atoms with Gasteiger partial charge in [0, 0.05) is 16.1 Å². The van der Waals surface area contributed by atoms with Gasteiger partial charge in [-0.05, 0) is 61.9 Å². The van der Waals surface area contributed by atoms with Gasteiger partial charge in [-0.15, -0.1) is 0 Å².